The maximum atomic E-state index is 13.5. The van der Waals surface area contributed by atoms with Gasteiger partial charge >= 0.3 is 5.97 Å². The maximum absolute atomic E-state index is 13.5. The molecule has 7 heteroatoms. The molecular formula is C25H22N2O4S. The molecule has 32 heavy (non-hydrogen) atoms. The molecule has 1 heterocycles. The molecule has 0 spiro atoms. The summed E-state index contributed by atoms with van der Waals surface area (Å²) < 4.78 is 11.4. The molecule has 0 bridgehead atoms. The number of nitrogens with zero attached hydrogens (tertiary/aromatic N) is 2. The van der Waals surface area contributed by atoms with E-state index >= 15 is 0 Å². The van der Waals surface area contributed by atoms with Crippen LogP contribution < -0.4 is 9.64 Å². The standard InChI is InChI=1S/C25H22N2O4S/c1-3-31-20-10-7-11-21-22(20)26-25(32-21)27(16-17-8-5-4-6-9-17)23(28)18-12-14-19(15-13-18)24(29)30-2/h4-15H,3,16H2,1-2H3. The Balaban J connectivity index is 1.73. The Hall–Kier alpha value is -3.71. The van der Waals surface area contributed by atoms with Crippen molar-refractivity contribution in [1.29, 1.82) is 0 Å². The summed E-state index contributed by atoms with van der Waals surface area (Å²) in [4.78, 5) is 31.7. The van der Waals surface area contributed by atoms with Crippen molar-refractivity contribution in [3.8, 4) is 5.75 Å². The average Bonchev–Trinajstić information content (AvgIpc) is 3.27. The molecule has 3 aromatic carbocycles. The van der Waals surface area contributed by atoms with Gasteiger partial charge in [-0.15, -0.1) is 0 Å². The van der Waals surface area contributed by atoms with Crippen LogP contribution in [0.25, 0.3) is 10.2 Å². The fourth-order valence-electron chi connectivity index (χ4n) is 3.31. The number of anilines is 1. The monoisotopic (exact) mass is 446 g/mol. The van der Waals surface area contributed by atoms with Crippen molar-refractivity contribution in [1.82, 2.24) is 4.98 Å². The van der Waals surface area contributed by atoms with E-state index in [1.165, 1.54) is 18.4 Å². The second-order valence-corrected chi connectivity index (χ2v) is 7.99. The van der Waals surface area contributed by atoms with Crippen molar-refractivity contribution >= 4 is 38.6 Å². The molecule has 0 saturated heterocycles. The lowest BCUT2D eigenvalue weighted by atomic mass is 10.1. The lowest BCUT2D eigenvalue weighted by molar-refractivity contribution is 0.0600. The van der Waals surface area contributed by atoms with Crippen LogP contribution in [0.3, 0.4) is 0 Å². The van der Waals surface area contributed by atoms with Crippen molar-refractivity contribution in [3.63, 3.8) is 0 Å². The highest BCUT2D eigenvalue weighted by Gasteiger charge is 2.23. The van der Waals surface area contributed by atoms with Crippen LogP contribution in [0.15, 0.2) is 72.8 Å². The van der Waals surface area contributed by atoms with Crippen LogP contribution in [0.5, 0.6) is 5.75 Å². The highest BCUT2D eigenvalue weighted by Crippen LogP contribution is 2.35. The van der Waals surface area contributed by atoms with Gasteiger partial charge in [-0.05, 0) is 48.9 Å². The van der Waals surface area contributed by atoms with Crippen LogP contribution in [0.4, 0.5) is 5.13 Å². The maximum Gasteiger partial charge on any atom is 0.337 e. The molecule has 0 saturated carbocycles. The van der Waals surface area contributed by atoms with E-state index in [1.807, 2.05) is 55.5 Å². The molecule has 162 valence electrons. The van der Waals surface area contributed by atoms with Gasteiger partial charge in [0.2, 0.25) is 0 Å². The number of carbonyl (C=O) groups is 2. The van der Waals surface area contributed by atoms with Gasteiger partial charge < -0.3 is 9.47 Å². The summed E-state index contributed by atoms with van der Waals surface area (Å²) >= 11 is 1.44. The van der Waals surface area contributed by atoms with Crippen molar-refractivity contribution in [2.45, 2.75) is 13.5 Å². The number of aromatic nitrogens is 1. The predicted octanol–water partition coefficient (Wildman–Crippen LogP) is 5.33. The second kappa shape index (κ2) is 9.62. The molecule has 0 atom stereocenters. The summed E-state index contributed by atoms with van der Waals surface area (Å²) in [5.41, 5.74) is 2.57. The summed E-state index contributed by atoms with van der Waals surface area (Å²) in [5.74, 6) is 0.0455. The first kappa shape index (κ1) is 21.5. The Morgan fingerprint density at radius 2 is 1.66 bits per heavy atom. The molecule has 1 aromatic heterocycles. The first-order valence-electron chi connectivity index (χ1n) is 10.2. The third-order valence-electron chi connectivity index (χ3n) is 4.88. The van der Waals surface area contributed by atoms with Crippen molar-refractivity contribution in [2.75, 3.05) is 18.6 Å². The summed E-state index contributed by atoms with van der Waals surface area (Å²) in [6.07, 6.45) is 0. The Bertz CT molecular complexity index is 1240. The number of para-hydroxylation sites is 1. The van der Waals surface area contributed by atoms with E-state index in [2.05, 4.69) is 0 Å². The molecule has 4 rings (SSSR count). The average molecular weight is 447 g/mol. The van der Waals surface area contributed by atoms with Gasteiger partial charge in [-0.3, -0.25) is 9.69 Å². The Kier molecular flexibility index (Phi) is 6.47. The van der Waals surface area contributed by atoms with E-state index in [9.17, 15) is 9.59 Å². The molecule has 0 fully saturated rings. The number of carbonyl (C=O) groups excluding carboxylic acids is 2. The molecule has 1 amide bonds. The molecular weight excluding hydrogens is 424 g/mol. The van der Waals surface area contributed by atoms with Gasteiger partial charge in [0, 0.05) is 5.56 Å². The first-order chi connectivity index (χ1) is 15.6. The number of hydrogen-bond acceptors (Lipinski definition) is 6. The van der Waals surface area contributed by atoms with Gasteiger partial charge in [-0.25, -0.2) is 9.78 Å². The molecule has 0 aliphatic rings. The van der Waals surface area contributed by atoms with Gasteiger partial charge in [-0.2, -0.15) is 0 Å². The Morgan fingerprint density at radius 1 is 0.938 bits per heavy atom. The molecule has 0 radical (unpaired) electrons. The van der Waals surface area contributed by atoms with E-state index in [1.54, 1.807) is 29.2 Å². The molecule has 0 N–H and O–H groups in total. The number of esters is 1. The van der Waals surface area contributed by atoms with Crippen LogP contribution in [0.2, 0.25) is 0 Å². The van der Waals surface area contributed by atoms with Crippen LogP contribution in [-0.4, -0.2) is 30.6 Å². The minimum absolute atomic E-state index is 0.206. The molecule has 4 aromatic rings. The fourth-order valence-corrected chi connectivity index (χ4v) is 4.29. The molecule has 6 nitrogen and oxygen atoms in total. The summed E-state index contributed by atoms with van der Waals surface area (Å²) in [5, 5.41) is 0.582. The number of thiazole rings is 1. The zero-order valence-corrected chi connectivity index (χ0v) is 18.6. The predicted molar refractivity (Wildman–Crippen MR) is 126 cm³/mol. The van der Waals surface area contributed by atoms with E-state index in [4.69, 9.17) is 14.5 Å². The van der Waals surface area contributed by atoms with Gasteiger partial charge in [0.05, 0.1) is 30.5 Å². The van der Waals surface area contributed by atoms with Gasteiger partial charge in [0.25, 0.3) is 5.91 Å². The van der Waals surface area contributed by atoms with Crippen LogP contribution in [0.1, 0.15) is 33.2 Å². The second-order valence-electron chi connectivity index (χ2n) is 6.98. The van der Waals surface area contributed by atoms with Crippen molar-refractivity contribution in [3.05, 3.63) is 89.5 Å². The van der Waals surface area contributed by atoms with E-state index < -0.39 is 5.97 Å². The van der Waals surface area contributed by atoms with Crippen molar-refractivity contribution < 1.29 is 19.1 Å². The van der Waals surface area contributed by atoms with Crippen molar-refractivity contribution in [2.24, 2.45) is 0 Å². The minimum atomic E-state index is -0.445. The number of amides is 1. The summed E-state index contributed by atoms with van der Waals surface area (Å²) in [6.45, 7) is 2.82. The number of methoxy groups -OCH3 is 1. The lowest BCUT2D eigenvalue weighted by Crippen LogP contribution is -2.30. The highest BCUT2D eigenvalue weighted by atomic mass is 32.1. The van der Waals surface area contributed by atoms with Gasteiger partial charge in [-0.1, -0.05) is 47.7 Å². The van der Waals surface area contributed by atoms with E-state index in [0.29, 0.717) is 35.2 Å². The quantitative estimate of drug-likeness (QED) is 0.359. The topological polar surface area (TPSA) is 68.7 Å². The van der Waals surface area contributed by atoms with Crippen LogP contribution in [-0.2, 0) is 11.3 Å². The minimum Gasteiger partial charge on any atom is -0.492 e. The zero-order valence-electron chi connectivity index (χ0n) is 17.8. The zero-order chi connectivity index (χ0) is 22.5. The van der Waals surface area contributed by atoms with Crippen LogP contribution in [0, 0.1) is 0 Å². The van der Waals surface area contributed by atoms with E-state index in [0.717, 1.165) is 15.8 Å². The lowest BCUT2D eigenvalue weighted by Gasteiger charge is -2.20. The number of benzene rings is 3. The smallest absolute Gasteiger partial charge is 0.337 e. The highest BCUT2D eigenvalue weighted by molar-refractivity contribution is 7.22. The van der Waals surface area contributed by atoms with Gasteiger partial charge in [0.1, 0.15) is 11.3 Å². The van der Waals surface area contributed by atoms with Crippen LogP contribution >= 0.6 is 11.3 Å². The summed E-state index contributed by atoms with van der Waals surface area (Å²) in [7, 11) is 1.33. The fraction of sp³-hybridized carbons (Fsp3) is 0.160. The summed E-state index contributed by atoms with van der Waals surface area (Å²) in [6, 6.07) is 22.0. The molecule has 0 aliphatic heterocycles. The number of hydrogen-bond donors (Lipinski definition) is 0. The van der Waals surface area contributed by atoms with Gasteiger partial charge in [0.15, 0.2) is 5.13 Å². The Morgan fingerprint density at radius 3 is 2.34 bits per heavy atom. The largest absolute Gasteiger partial charge is 0.492 e. The molecule has 0 aliphatic carbocycles. The number of fused-ring (bicyclic) bond motifs is 1. The third-order valence-corrected chi connectivity index (χ3v) is 5.93. The number of ether oxygens (including phenoxy) is 2. The first-order valence-corrected chi connectivity index (χ1v) is 11.0. The number of rotatable bonds is 7. The molecule has 0 unspecified atom stereocenters. The normalized spacial score (nSPS) is 10.7. The Labute approximate surface area is 190 Å². The third kappa shape index (κ3) is 4.48. The SMILES string of the molecule is CCOc1cccc2sc(N(Cc3ccccc3)C(=O)c3ccc(C(=O)OC)cc3)nc12. The van der Waals surface area contributed by atoms with E-state index in [-0.39, 0.29) is 5.91 Å².